The Morgan fingerprint density at radius 1 is 0.708 bits per heavy atom. The number of carbonyl (C=O) groups excluding carboxylic acids is 2. The summed E-state index contributed by atoms with van der Waals surface area (Å²) < 4.78 is 12.2. The van der Waals surface area contributed by atoms with E-state index in [1.807, 2.05) is 44.2 Å². The van der Waals surface area contributed by atoms with Gasteiger partial charge in [0.25, 0.3) is 0 Å². The normalized spacial score (nSPS) is 45.3. The third kappa shape index (κ3) is 4.65. The summed E-state index contributed by atoms with van der Waals surface area (Å²) >= 11 is 0. The zero-order chi connectivity index (χ0) is 34.5. The number of benzene rings is 1. The van der Waals surface area contributed by atoms with Crippen LogP contribution in [0.5, 0.6) is 0 Å². The molecule has 0 saturated heterocycles. The molecule has 0 spiro atoms. The molecule has 1 aromatic rings. The van der Waals surface area contributed by atoms with Gasteiger partial charge in [-0.25, -0.2) is 0 Å². The second-order valence-corrected chi connectivity index (χ2v) is 19.2. The smallest absolute Gasteiger partial charge is 0.309 e. The third-order valence-electron chi connectivity index (χ3n) is 17.0. The molecule has 6 nitrogen and oxygen atoms in total. The minimum atomic E-state index is -0.534. The van der Waals surface area contributed by atoms with Gasteiger partial charge in [0.1, 0.15) is 12.7 Å². The van der Waals surface area contributed by atoms with Gasteiger partial charge in [-0.2, -0.15) is 0 Å². The lowest BCUT2D eigenvalue weighted by Gasteiger charge is -2.72. The number of carboxylic acid groups (broad SMARTS) is 1. The fourth-order valence-electron chi connectivity index (χ4n) is 13.9. The van der Waals surface area contributed by atoms with E-state index in [1.165, 1.54) is 12.8 Å². The molecule has 264 valence electrons. The van der Waals surface area contributed by atoms with E-state index in [9.17, 15) is 19.5 Å². The van der Waals surface area contributed by atoms with Gasteiger partial charge in [-0.1, -0.05) is 85.2 Å². The second kappa shape index (κ2) is 11.3. The van der Waals surface area contributed by atoms with Crippen molar-refractivity contribution in [1.29, 1.82) is 0 Å². The average Bonchev–Trinajstić information content (AvgIpc) is 3.48. The summed E-state index contributed by atoms with van der Waals surface area (Å²) in [4.78, 5) is 39.5. The monoisotopic (exact) mass is 660 g/mol. The van der Waals surface area contributed by atoms with Gasteiger partial charge in [-0.3, -0.25) is 14.4 Å². The Morgan fingerprint density at radius 2 is 1.42 bits per heavy atom. The van der Waals surface area contributed by atoms with E-state index in [1.54, 1.807) is 0 Å². The van der Waals surface area contributed by atoms with Crippen molar-refractivity contribution >= 4 is 17.9 Å². The molecule has 1 aromatic carbocycles. The molecule has 0 aliphatic heterocycles. The summed E-state index contributed by atoms with van der Waals surface area (Å²) in [6.07, 6.45) is 11.8. The van der Waals surface area contributed by atoms with Crippen molar-refractivity contribution in [1.82, 2.24) is 0 Å². The van der Waals surface area contributed by atoms with Crippen LogP contribution in [-0.4, -0.2) is 29.1 Å². The maximum atomic E-state index is 13.8. The van der Waals surface area contributed by atoms with E-state index in [0.29, 0.717) is 30.1 Å². The second-order valence-electron chi connectivity index (χ2n) is 19.2. The summed E-state index contributed by atoms with van der Waals surface area (Å²) in [6.45, 7) is 16.7. The Balaban J connectivity index is 1.03. The molecule has 0 heterocycles. The van der Waals surface area contributed by atoms with Crippen molar-refractivity contribution in [3.63, 3.8) is 0 Å². The van der Waals surface area contributed by atoms with Crippen molar-refractivity contribution in [3.8, 4) is 0 Å². The van der Waals surface area contributed by atoms with Crippen LogP contribution in [0.15, 0.2) is 30.3 Å². The molecule has 1 N–H and O–H groups in total. The Morgan fingerprint density at radius 3 is 2.10 bits per heavy atom. The molecule has 0 bridgehead atoms. The highest BCUT2D eigenvalue weighted by Crippen LogP contribution is 2.77. The summed E-state index contributed by atoms with van der Waals surface area (Å²) in [7, 11) is 0. The number of rotatable bonds is 6. The molecule has 7 rings (SSSR count). The van der Waals surface area contributed by atoms with Gasteiger partial charge in [-0.05, 0) is 122 Å². The van der Waals surface area contributed by atoms with E-state index in [4.69, 9.17) is 9.47 Å². The van der Waals surface area contributed by atoms with E-state index in [2.05, 4.69) is 34.6 Å². The predicted molar refractivity (Wildman–Crippen MR) is 184 cm³/mol. The van der Waals surface area contributed by atoms with Crippen LogP contribution in [0, 0.1) is 68.0 Å². The van der Waals surface area contributed by atoms with E-state index in [-0.39, 0.29) is 58.1 Å². The zero-order valence-electron chi connectivity index (χ0n) is 30.6. The SMILES string of the molecule is CC1(C)C(C(=O)O[C@H]2CC[C@]3(C)[C@H]4CCC5C6CCC[C@]6(C(=O)O)CC[C@@]5(C)[C@]4(C)CC[C@H]3C2(C)C)C[C@H]1C(=O)OCc1ccccc1. The summed E-state index contributed by atoms with van der Waals surface area (Å²) in [5.41, 5.74) is 0.331. The molecule has 0 amide bonds. The van der Waals surface area contributed by atoms with Crippen molar-refractivity contribution in [3.05, 3.63) is 35.9 Å². The molecule has 6 fully saturated rings. The van der Waals surface area contributed by atoms with Crippen LogP contribution in [0.2, 0.25) is 0 Å². The number of fused-ring (bicyclic) bond motifs is 7. The largest absolute Gasteiger partial charge is 0.481 e. The lowest BCUT2D eigenvalue weighted by atomic mass is 9.32. The Hall–Kier alpha value is -2.37. The van der Waals surface area contributed by atoms with Gasteiger partial charge in [0.2, 0.25) is 0 Å². The van der Waals surface area contributed by atoms with Crippen LogP contribution in [0.4, 0.5) is 0 Å². The molecular formula is C42H60O6. The summed E-state index contributed by atoms with van der Waals surface area (Å²) in [5.74, 6) is 0.350. The van der Waals surface area contributed by atoms with Crippen LogP contribution in [0.1, 0.15) is 131 Å². The van der Waals surface area contributed by atoms with Crippen LogP contribution < -0.4 is 0 Å². The minimum Gasteiger partial charge on any atom is -0.481 e. The number of ether oxygens (including phenoxy) is 2. The van der Waals surface area contributed by atoms with E-state index < -0.39 is 16.8 Å². The third-order valence-corrected chi connectivity index (χ3v) is 17.0. The fraction of sp³-hybridized carbons (Fsp3) is 0.786. The van der Waals surface area contributed by atoms with Crippen LogP contribution in [0.25, 0.3) is 0 Å². The first-order chi connectivity index (χ1) is 22.5. The Bertz CT molecular complexity index is 1450. The van der Waals surface area contributed by atoms with Gasteiger partial charge in [0, 0.05) is 5.41 Å². The number of hydrogen-bond donors (Lipinski definition) is 1. The average molecular weight is 661 g/mol. The fourth-order valence-corrected chi connectivity index (χ4v) is 13.9. The van der Waals surface area contributed by atoms with Gasteiger partial charge < -0.3 is 14.6 Å². The maximum absolute atomic E-state index is 13.8. The van der Waals surface area contributed by atoms with Crippen molar-refractivity contribution in [2.45, 2.75) is 138 Å². The lowest BCUT2D eigenvalue weighted by Crippen LogP contribution is -2.67. The van der Waals surface area contributed by atoms with Gasteiger partial charge >= 0.3 is 17.9 Å². The maximum Gasteiger partial charge on any atom is 0.309 e. The number of aliphatic carboxylic acids is 1. The molecule has 6 aliphatic rings. The lowest BCUT2D eigenvalue weighted by molar-refractivity contribution is -0.250. The highest BCUT2D eigenvalue weighted by molar-refractivity contribution is 5.82. The molecule has 0 aromatic heterocycles. The molecule has 48 heavy (non-hydrogen) atoms. The number of carbonyl (C=O) groups is 3. The van der Waals surface area contributed by atoms with Gasteiger partial charge in [0.05, 0.1) is 17.3 Å². The van der Waals surface area contributed by atoms with E-state index >= 15 is 0 Å². The van der Waals surface area contributed by atoms with Crippen LogP contribution in [0.3, 0.4) is 0 Å². The van der Waals surface area contributed by atoms with E-state index in [0.717, 1.165) is 63.4 Å². The standard InChI is InChI=1S/C42H60O6/c1-37(2)29(34(43)47-25-26-12-9-8-10-13-26)24-30(37)35(44)48-33-18-20-39(5)31(38(33,3)4)17-21-41(7)32(39)16-15-27-28-14-11-19-42(28,36(45)46)23-22-40(27,41)6/h8-10,12-13,27-33H,11,14-25H2,1-7H3,(H,45,46)/t27?,28?,29-,30?,31-,32+,33-,39-,40+,41+,42-/m0/s1. The zero-order valence-corrected chi connectivity index (χ0v) is 30.6. The number of esters is 2. The quantitative estimate of drug-likeness (QED) is 0.306. The Labute approximate surface area is 288 Å². The highest BCUT2D eigenvalue weighted by Gasteiger charge is 2.71. The first-order valence-electron chi connectivity index (χ1n) is 19.2. The van der Waals surface area contributed by atoms with Gasteiger partial charge in [0.15, 0.2) is 0 Å². The van der Waals surface area contributed by atoms with Crippen molar-refractivity contribution in [2.24, 2.45) is 68.0 Å². The summed E-state index contributed by atoms with van der Waals surface area (Å²) in [5, 5.41) is 10.4. The molecular weight excluding hydrogens is 600 g/mol. The molecule has 6 saturated carbocycles. The van der Waals surface area contributed by atoms with Crippen LogP contribution >= 0.6 is 0 Å². The molecule has 6 heteroatoms. The number of carboxylic acids is 1. The molecule has 3 unspecified atom stereocenters. The van der Waals surface area contributed by atoms with Crippen molar-refractivity contribution in [2.75, 3.05) is 0 Å². The Kier molecular flexibility index (Phi) is 8.04. The van der Waals surface area contributed by atoms with Gasteiger partial charge in [-0.15, -0.1) is 0 Å². The first-order valence-corrected chi connectivity index (χ1v) is 19.2. The molecule has 11 atom stereocenters. The highest BCUT2D eigenvalue weighted by atomic mass is 16.5. The summed E-state index contributed by atoms with van der Waals surface area (Å²) in [6, 6.07) is 9.72. The van der Waals surface area contributed by atoms with Crippen molar-refractivity contribution < 1.29 is 29.0 Å². The van der Waals surface area contributed by atoms with Crippen LogP contribution in [-0.2, 0) is 30.5 Å². The topological polar surface area (TPSA) is 89.9 Å². The number of hydrogen-bond acceptors (Lipinski definition) is 5. The molecule has 6 aliphatic carbocycles. The molecule has 0 radical (unpaired) electrons. The predicted octanol–water partition coefficient (Wildman–Crippen LogP) is 9.24. The minimum absolute atomic E-state index is 0.136. The first kappa shape index (κ1) is 34.1.